The number of aliphatic hydroxyl groups excluding tert-OH is 1. The highest BCUT2D eigenvalue weighted by molar-refractivity contribution is 5.50. The molecule has 1 aromatic rings. The van der Waals surface area contributed by atoms with E-state index < -0.39 is 13.0 Å². The molecular weight excluding hydrogens is 278 g/mol. The van der Waals surface area contributed by atoms with Gasteiger partial charge in [-0.15, -0.1) is 0 Å². The van der Waals surface area contributed by atoms with Crippen LogP contribution in [0.25, 0.3) is 0 Å². The van der Waals surface area contributed by atoms with Crippen LogP contribution in [-0.4, -0.2) is 47.7 Å². The summed E-state index contributed by atoms with van der Waals surface area (Å²) in [5.74, 6) is 2.18. The third-order valence-corrected chi connectivity index (χ3v) is 3.28. The molecule has 0 unspecified atom stereocenters. The summed E-state index contributed by atoms with van der Waals surface area (Å²) in [6.07, 6.45) is 0.579. The van der Waals surface area contributed by atoms with E-state index in [-0.39, 0.29) is 13.2 Å². The number of nitrogens with zero attached hydrogens (tertiary/aromatic N) is 3. The minimum atomic E-state index is -2.47. The van der Waals surface area contributed by atoms with Gasteiger partial charge in [-0.05, 0) is 19.3 Å². The first kappa shape index (κ1) is 15.9. The molecule has 1 heterocycles. The summed E-state index contributed by atoms with van der Waals surface area (Å²) < 4.78 is 25.4. The highest BCUT2D eigenvalue weighted by Crippen LogP contribution is 2.39. The van der Waals surface area contributed by atoms with Crippen LogP contribution in [-0.2, 0) is 0 Å². The molecule has 1 aliphatic carbocycles. The van der Waals surface area contributed by atoms with Crippen LogP contribution in [0.5, 0.6) is 0 Å². The standard InChI is InChI=1S/C14H22F2N4O/c1-2-5-17-12-8-13(19-14(18-12)10-3-4-10)20(6-7-21)9-11(15)16/h8,10-11,21H,2-7,9H2,1H3,(H,17,18,19). The minimum absolute atomic E-state index is 0.138. The molecule has 0 bridgehead atoms. The van der Waals surface area contributed by atoms with Gasteiger partial charge in [0.25, 0.3) is 6.43 Å². The molecule has 118 valence electrons. The van der Waals surface area contributed by atoms with Gasteiger partial charge in [0.2, 0.25) is 0 Å². The van der Waals surface area contributed by atoms with Crippen molar-refractivity contribution < 1.29 is 13.9 Å². The topological polar surface area (TPSA) is 61.3 Å². The Morgan fingerprint density at radius 2 is 2.19 bits per heavy atom. The van der Waals surface area contributed by atoms with E-state index in [1.165, 1.54) is 4.90 Å². The quantitative estimate of drug-likeness (QED) is 0.732. The second-order valence-electron chi connectivity index (χ2n) is 5.23. The lowest BCUT2D eigenvalue weighted by Gasteiger charge is -2.23. The molecule has 2 rings (SSSR count). The predicted molar refractivity (Wildman–Crippen MR) is 78.1 cm³/mol. The van der Waals surface area contributed by atoms with Crippen LogP contribution in [0.1, 0.15) is 37.9 Å². The number of anilines is 2. The summed E-state index contributed by atoms with van der Waals surface area (Å²) in [6.45, 7) is 2.34. The fraction of sp³-hybridized carbons (Fsp3) is 0.714. The van der Waals surface area contributed by atoms with Gasteiger partial charge < -0.3 is 15.3 Å². The predicted octanol–water partition coefficient (Wildman–Crippen LogP) is 2.24. The molecular formula is C14H22F2N4O. The van der Waals surface area contributed by atoms with E-state index in [4.69, 9.17) is 5.11 Å². The smallest absolute Gasteiger partial charge is 0.255 e. The van der Waals surface area contributed by atoms with Crippen molar-refractivity contribution in [3.8, 4) is 0 Å². The molecule has 1 saturated carbocycles. The molecule has 0 saturated heterocycles. The molecule has 0 radical (unpaired) electrons. The number of aromatic nitrogens is 2. The van der Waals surface area contributed by atoms with Crippen molar-refractivity contribution in [3.63, 3.8) is 0 Å². The van der Waals surface area contributed by atoms with Crippen molar-refractivity contribution in [3.05, 3.63) is 11.9 Å². The second kappa shape index (κ2) is 7.49. The SMILES string of the molecule is CCCNc1cc(N(CCO)CC(F)F)nc(C2CC2)n1. The van der Waals surface area contributed by atoms with Crippen molar-refractivity contribution in [2.75, 3.05) is 36.5 Å². The lowest BCUT2D eigenvalue weighted by atomic mass is 10.3. The zero-order valence-corrected chi connectivity index (χ0v) is 12.2. The van der Waals surface area contributed by atoms with Crippen molar-refractivity contribution >= 4 is 11.6 Å². The maximum absolute atomic E-state index is 12.7. The normalized spacial score (nSPS) is 14.5. The average Bonchev–Trinajstić information content (AvgIpc) is 3.28. The Hall–Kier alpha value is -1.50. The highest BCUT2D eigenvalue weighted by atomic mass is 19.3. The summed E-state index contributed by atoms with van der Waals surface area (Å²) in [7, 11) is 0. The van der Waals surface area contributed by atoms with Crippen LogP contribution < -0.4 is 10.2 Å². The lowest BCUT2D eigenvalue weighted by Crippen LogP contribution is -2.32. The third-order valence-electron chi connectivity index (χ3n) is 3.28. The second-order valence-corrected chi connectivity index (χ2v) is 5.23. The van der Waals surface area contributed by atoms with E-state index in [2.05, 4.69) is 15.3 Å². The molecule has 0 aliphatic heterocycles. The average molecular weight is 300 g/mol. The summed E-state index contributed by atoms with van der Waals surface area (Å²) in [5, 5.41) is 12.2. The van der Waals surface area contributed by atoms with Crippen LogP contribution in [0.15, 0.2) is 6.07 Å². The first-order valence-electron chi connectivity index (χ1n) is 7.40. The molecule has 1 aliphatic rings. The number of halogens is 2. The number of hydrogen-bond acceptors (Lipinski definition) is 5. The summed E-state index contributed by atoms with van der Waals surface area (Å²) in [5.41, 5.74) is 0. The maximum Gasteiger partial charge on any atom is 0.255 e. The molecule has 21 heavy (non-hydrogen) atoms. The first-order chi connectivity index (χ1) is 10.1. The van der Waals surface area contributed by atoms with Crippen molar-refractivity contribution in [2.24, 2.45) is 0 Å². The number of hydrogen-bond donors (Lipinski definition) is 2. The van der Waals surface area contributed by atoms with Crippen molar-refractivity contribution in [2.45, 2.75) is 38.5 Å². The van der Waals surface area contributed by atoms with Gasteiger partial charge in [-0.2, -0.15) is 0 Å². The molecule has 0 amide bonds. The molecule has 0 aromatic carbocycles. The zero-order valence-electron chi connectivity index (χ0n) is 12.2. The van der Waals surface area contributed by atoms with Gasteiger partial charge in [-0.3, -0.25) is 0 Å². The molecule has 0 atom stereocenters. The Morgan fingerprint density at radius 1 is 1.43 bits per heavy atom. The summed E-state index contributed by atoms with van der Waals surface area (Å²) in [4.78, 5) is 10.3. The molecule has 5 nitrogen and oxygen atoms in total. The molecule has 1 aromatic heterocycles. The number of rotatable bonds is 9. The third kappa shape index (κ3) is 4.77. The molecule has 2 N–H and O–H groups in total. The Labute approximate surface area is 123 Å². The summed E-state index contributed by atoms with van der Waals surface area (Å²) >= 11 is 0. The fourth-order valence-corrected chi connectivity index (χ4v) is 2.07. The fourth-order valence-electron chi connectivity index (χ4n) is 2.07. The van der Waals surface area contributed by atoms with E-state index in [0.29, 0.717) is 23.4 Å². The van der Waals surface area contributed by atoms with E-state index in [9.17, 15) is 8.78 Å². The van der Waals surface area contributed by atoms with Gasteiger partial charge in [0.15, 0.2) is 0 Å². The van der Waals surface area contributed by atoms with Gasteiger partial charge >= 0.3 is 0 Å². The zero-order chi connectivity index (χ0) is 15.2. The van der Waals surface area contributed by atoms with Gasteiger partial charge in [0.05, 0.1) is 13.2 Å². The van der Waals surface area contributed by atoms with Crippen LogP contribution in [0.4, 0.5) is 20.4 Å². The molecule has 1 fully saturated rings. The van der Waals surface area contributed by atoms with Crippen LogP contribution in [0.3, 0.4) is 0 Å². The number of nitrogens with one attached hydrogen (secondary N) is 1. The van der Waals surface area contributed by atoms with Crippen molar-refractivity contribution in [1.29, 1.82) is 0 Å². The Bertz CT molecular complexity index is 455. The van der Waals surface area contributed by atoms with Gasteiger partial charge in [-0.1, -0.05) is 6.92 Å². The van der Waals surface area contributed by atoms with Crippen LogP contribution in [0.2, 0.25) is 0 Å². The van der Waals surface area contributed by atoms with Gasteiger partial charge in [0, 0.05) is 25.1 Å². The largest absolute Gasteiger partial charge is 0.395 e. The van der Waals surface area contributed by atoms with E-state index in [0.717, 1.165) is 25.8 Å². The van der Waals surface area contributed by atoms with Gasteiger partial charge in [-0.25, -0.2) is 18.7 Å². The summed E-state index contributed by atoms with van der Waals surface area (Å²) in [6, 6.07) is 1.68. The maximum atomic E-state index is 12.7. The van der Waals surface area contributed by atoms with E-state index >= 15 is 0 Å². The first-order valence-corrected chi connectivity index (χ1v) is 7.40. The monoisotopic (exact) mass is 300 g/mol. The van der Waals surface area contributed by atoms with Gasteiger partial charge in [0.1, 0.15) is 17.5 Å². The molecule has 0 spiro atoms. The Kier molecular flexibility index (Phi) is 5.67. The number of aliphatic hydroxyl groups is 1. The Morgan fingerprint density at radius 3 is 2.76 bits per heavy atom. The minimum Gasteiger partial charge on any atom is -0.395 e. The number of alkyl halides is 2. The Balaban J connectivity index is 2.23. The van der Waals surface area contributed by atoms with Crippen molar-refractivity contribution in [1.82, 2.24) is 9.97 Å². The van der Waals surface area contributed by atoms with Crippen LogP contribution >= 0.6 is 0 Å². The van der Waals surface area contributed by atoms with Crippen LogP contribution in [0, 0.1) is 0 Å². The lowest BCUT2D eigenvalue weighted by molar-refractivity contribution is 0.152. The highest BCUT2D eigenvalue weighted by Gasteiger charge is 2.28. The van der Waals surface area contributed by atoms with E-state index in [1.807, 2.05) is 6.92 Å². The molecule has 7 heteroatoms. The van der Waals surface area contributed by atoms with E-state index in [1.54, 1.807) is 6.07 Å².